The normalized spacial score (nSPS) is 10.4. The van der Waals surface area contributed by atoms with Crippen LogP contribution in [0.4, 0.5) is 41.2 Å². The average Bonchev–Trinajstić information content (AvgIpc) is 0.783. The molecule has 0 saturated heterocycles. The Labute approximate surface area is 698 Å². The van der Waals surface area contributed by atoms with E-state index in [-0.39, 0.29) is 40.2 Å². The van der Waals surface area contributed by atoms with Gasteiger partial charge in [0.05, 0.1) is 24.7 Å². The first-order valence-corrected chi connectivity index (χ1v) is 40.1. The quantitative estimate of drug-likeness (QED) is 0.0142. The number of nitro groups is 1. The lowest BCUT2D eigenvalue weighted by atomic mass is 10.1. The van der Waals surface area contributed by atoms with Crippen molar-refractivity contribution in [1.29, 1.82) is 0 Å². The van der Waals surface area contributed by atoms with Gasteiger partial charge in [-0.05, 0) is 137 Å². The number of urea groups is 1. The third-order valence-electron chi connectivity index (χ3n) is 17.6. The first-order valence-electron chi connectivity index (χ1n) is 40.1. The predicted octanol–water partition coefficient (Wildman–Crippen LogP) is 26.8. The molecule has 1 atom stereocenters. The number of rotatable bonds is 25. The SMILES string of the molecule is C=Cc1ccc(CCC)cc1.C=Cc1cccc(CCC)c1.CCCCNC(=O)NC(C)c1ccccc1.CCCCNC(=O)c1ccc([N+](=O)[O-])cc1.CCCCOc1cc(O)c2c(=O)cc(-c3ccccc3)oc2c1.CCCCc1ccc(OC)cc1.Cc1c(F)c(F)c(C(F)(F)F)c(F)c1F.Cc1ccc(C)cc1.Cc1ccccc1. The molecule has 1 heterocycles. The lowest BCUT2D eigenvalue weighted by Crippen LogP contribution is -2.37. The largest absolute Gasteiger partial charge is 0.507 e. The number of phenols is 1. The second-order valence-electron chi connectivity index (χ2n) is 27.6. The monoisotopic (exact) mass is 1640 g/mol. The second-order valence-corrected chi connectivity index (χ2v) is 27.6. The Balaban J connectivity index is 0.000000353. The number of aromatic hydroxyl groups is 1. The molecule has 0 aliphatic rings. The molecule has 0 aliphatic carbocycles. The summed E-state index contributed by atoms with van der Waals surface area (Å²) in [5, 5.41) is 29.2. The minimum atomic E-state index is -5.48. The third kappa shape index (κ3) is 39.2. The number of ether oxygens (including phenoxy) is 2. The molecule has 636 valence electrons. The predicted molar refractivity (Wildman–Crippen MR) is 472 cm³/mol. The summed E-state index contributed by atoms with van der Waals surface area (Å²) in [7, 11) is 1.70. The fourth-order valence-corrected chi connectivity index (χ4v) is 10.7. The van der Waals surface area contributed by atoms with Crippen LogP contribution in [0.5, 0.6) is 17.2 Å². The van der Waals surface area contributed by atoms with E-state index in [0.717, 1.165) is 61.9 Å². The Bertz CT molecular complexity index is 4750. The summed E-state index contributed by atoms with van der Waals surface area (Å²) in [5.41, 5.74) is 9.35. The Morgan fingerprint density at radius 2 is 1.03 bits per heavy atom. The minimum absolute atomic E-state index is 0.00916. The van der Waals surface area contributed by atoms with Crippen LogP contribution in [0.2, 0.25) is 0 Å². The summed E-state index contributed by atoms with van der Waals surface area (Å²) in [5.74, 6) is -7.36. The Morgan fingerprint density at radius 3 is 1.52 bits per heavy atom. The number of unbranched alkanes of at least 4 members (excludes halogenated alkanes) is 4. The number of nitrogens with one attached hydrogen (secondary N) is 3. The molecule has 11 aromatic rings. The van der Waals surface area contributed by atoms with Crippen molar-refractivity contribution < 1.29 is 64.2 Å². The molecule has 0 saturated carbocycles. The van der Waals surface area contributed by atoms with Gasteiger partial charge in [0, 0.05) is 60.1 Å². The molecule has 0 bridgehead atoms. The van der Waals surface area contributed by atoms with Crippen LogP contribution in [0.3, 0.4) is 0 Å². The fraction of sp³-hybridized carbons (Fsp3) is 0.303. The van der Waals surface area contributed by atoms with Gasteiger partial charge < -0.3 is 34.9 Å². The van der Waals surface area contributed by atoms with E-state index in [0.29, 0.717) is 42.7 Å². The van der Waals surface area contributed by atoms with Crippen LogP contribution < -0.4 is 30.9 Å². The molecule has 10 aromatic carbocycles. The maximum atomic E-state index is 12.7. The van der Waals surface area contributed by atoms with Gasteiger partial charge in [0.25, 0.3) is 11.6 Å². The van der Waals surface area contributed by atoms with E-state index in [1.54, 1.807) is 13.2 Å². The molecule has 11 rings (SSSR count). The maximum absolute atomic E-state index is 12.7. The number of methoxy groups -OCH3 is 1. The smallest absolute Gasteiger partial charge is 0.422 e. The van der Waals surface area contributed by atoms with Gasteiger partial charge in [0.1, 0.15) is 39.5 Å². The van der Waals surface area contributed by atoms with Gasteiger partial charge in [-0.15, -0.1) is 0 Å². The van der Waals surface area contributed by atoms with Crippen molar-refractivity contribution in [3.63, 3.8) is 0 Å². The van der Waals surface area contributed by atoms with Gasteiger partial charge in [-0.1, -0.05) is 298 Å². The van der Waals surface area contributed by atoms with E-state index < -0.39 is 45.5 Å². The molecule has 1 aromatic heterocycles. The summed E-state index contributed by atoms with van der Waals surface area (Å²) in [6.45, 7) is 31.1. The van der Waals surface area contributed by atoms with Crippen molar-refractivity contribution in [2.24, 2.45) is 0 Å². The number of benzene rings is 10. The van der Waals surface area contributed by atoms with Crippen molar-refractivity contribution in [2.45, 2.75) is 172 Å². The van der Waals surface area contributed by atoms with Crippen molar-refractivity contribution in [3.05, 3.63) is 354 Å². The van der Waals surface area contributed by atoms with Gasteiger partial charge >= 0.3 is 12.2 Å². The first kappa shape index (κ1) is 101. The fourth-order valence-electron chi connectivity index (χ4n) is 10.7. The number of carbonyl (C=O) groups is 2. The topological polar surface area (TPSA) is 182 Å². The number of nitrogens with zero attached hydrogens (tertiary/aromatic N) is 1. The highest BCUT2D eigenvalue weighted by molar-refractivity contribution is 5.94. The zero-order valence-electron chi connectivity index (χ0n) is 70.7. The van der Waals surface area contributed by atoms with Crippen LogP contribution in [0, 0.1) is 61.1 Å². The van der Waals surface area contributed by atoms with E-state index in [9.17, 15) is 60.3 Å². The van der Waals surface area contributed by atoms with Crippen molar-refractivity contribution >= 4 is 40.7 Å². The molecule has 4 N–H and O–H groups in total. The molecule has 3 amide bonds. The summed E-state index contributed by atoms with van der Waals surface area (Å²) in [6, 6.07) is 73.5. The number of amides is 3. The number of alkyl halides is 3. The number of hydrogen-bond donors (Lipinski definition) is 4. The molecular weight excluding hydrogens is 1520 g/mol. The van der Waals surface area contributed by atoms with Crippen LogP contribution in [-0.4, -0.2) is 48.8 Å². The molecule has 0 aliphatic heterocycles. The van der Waals surface area contributed by atoms with Gasteiger partial charge in [0.2, 0.25) is 0 Å². The summed E-state index contributed by atoms with van der Waals surface area (Å²) in [6.07, 6.45) is 12.8. The molecule has 0 spiro atoms. The zero-order valence-corrected chi connectivity index (χ0v) is 70.7. The number of non-ortho nitro benzene ring substituents is 1. The average molecular weight is 1640 g/mol. The van der Waals surface area contributed by atoms with E-state index >= 15 is 0 Å². The molecular formula is C99H117F7N4O9. The van der Waals surface area contributed by atoms with E-state index in [1.165, 1.54) is 126 Å². The standard InChI is InChI=1S/C19H18O4.C13H20N2O.C11H14N2O3.C11H16O.2C11H14.C8H3F7.C8H10.C7H8/c1-2-3-9-22-14-10-15(20)19-16(21)12-17(23-18(19)11-14)13-7-5-4-6-8-13;1-3-4-10-14-13(16)15-11(2)12-8-6-5-7-9-12;1-2-3-8-12-11(14)9-4-6-10(7-5-9)13(15)16;1-3-4-5-10-6-8-11(12-2)9-7-10;1-3-6-11-8-5-7-10(4-2)9-11;1-3-5-11-8-6-10(4-2)7-9-11;1-2-4(9)6(11)3(8(13,14)15)7(12)5(2)10;1-7-3-5-8(2)6-4-7;1-7-5-3-2-4-6-7/h4-8,10-12,20H,2-3,9H2,1H3;5-9,11H,3-4,10H2,1-2H3,(H2,14,15,16);4-7H,2-3,8H2,1H3,(H,12,14);6-9H,3-5H2,1-2H3;4-5,7-9H,2-3,6H2,1H3;4,6-9H,2-3,5H2,1H3;1H3;3-6H,1-2H3;2-6H,1H3. The number of carbonyl (C=O) groups excluding carboxylic acids is 2. The van der Waals surface area contributed by atoms with Crippen molar-refractivity contribution in [1.82, 2.24) is 16.0 Å². The van der Waals surface area contributed by atoms with E-state index in [2.05, 4.69) is 182 Å². The van der Waals surface area contributed by atoms with Crippen molar-refractivity contribution in [3.8, 4) is 28.6 Å². The molecule has 13 nitrogen and oxygen atoms in total. The second kappa shape index (κ2) is 57.1. The highest BCUT2D eigenvalue weighted by atomic mass is 19.4. The highest BCUT2D eigenvalue weighted by Gasteiger charge is 2.41. The Morgan fingerprint density at radius 1 is 0.538 bits per heavy atom. The first-order chi connectivity index (χ1) is 57.0. The number of nitro benzene ring substituents is 1. The van der Waals surface area contributed by atoms with Gasteiger partial charge in [-0.25, -0.2) is 22.4 Å². The minimum Gasteiger partial charge on any atom is -0.507 e. The molecule has 1 unspecified atom stereocenters. The number of aryl methyl sites for hydroxylation is 6. The molecule has 0 fully saturated rings. The maximum Gasteiger partial charge on any atom is 0.422 e. The van der Waals surface area contributed by atoms with Gasteiger partial charge in [-0.2, -0.15) is 13.2 Å². The molecule has 0 radical (unpaired) electrons. The molecule has 119 heavy (non-hydrogen) atoms. The van der Waals surface area contributed by atoms with Crippen molar-refractivity contribution in [2.75, 3.05) is 26.8 Å². The van der Waals surface area contributed by atoms with Crippen LogP contribution >= 0.6 is 0 Å². The third-order valence-corrected chi connectivity index (χ3v) is 17.6. The van der Waals surface area contributed by atoms with Gasteiger partial charge in [0.15, 0.2) is 28.7 Å². The Kier molecular flexibility index (Phi) is 48.5. The lowest BCUT2D eigenvalue weighted by molar-refractivity contribution is -0.384. The zero-order chi connectivity index (χ0) is 88.1. The summed E-state index contributed by atoms with van der Waals surface area (Å²) in [4.78, 5) is 45.2. The highest BCUT2D eigenvalue weighted by Crippen LogP contribution is 2.37. The van der Waals surface area contributed by atoms with E-state index in [1.807, 2.05) is 117 Å². The van der Waals surface area contributed by atoms with Crippen LogP contribution in [-0.2, 0) is 25.4 Å². The number of hydrogen-bond acceptors (Lipinski definition) is 9. The van der Waals surface area contributed by atoms with Gasteiger partial charge in [-0.3, -0.25) is 19.7 Å². The summed E-state index contributed by atoms with van der Waals surface area (Å²) < 4.78 is 103. The number of halogens is 7. The number of fused-ring (bicyclic) bond motifs is 1. The van der Waals surface area contributed by atoms with E-state index in [4.69, 9.17) is 13.9 Å². The Hall–Kier alpha value is -12.1. The van der Waals surface area contributed by atoms with Crippen LogP contribution in [0.1, 0.15) is 190 Å². The van der Waals surface area contributed by atoms with Crippen LogP contribution in [0.15, 0.2) is 253 Å². The summed E-state index contributed by atoms with van der Waals surface area (Å²) >= 11 is 0. The lowest BCUT2D eigenvalue weighted by Gasteiger charge is -2.14. The molecule has 20 heteroatoms. The number of phenolic OH excluding ortho intramolecular Hbond substituents is 1. The van der Waals surface area contributed by atoms with Crippen LogP contribution in [0.25, 0.3) is 34.4 Å².